The largest absolute Gasteiger partial charge is 0.482 e. The van der Waals surface area contributed by atoms with Crippen molar-refractivity contribution in [2.24, 2.45) is 17.8 Å². The number of carbonyl (C=O) groups is 2. The van der Waals surface area contributed by atoms with Crippen molar-refractivity contribution in [2.45, 2.75) is 141 Å². The summed E-state index contributed by atoms with van der Waals surface area (Å²) in [6.45, 7) is 15.0. The number of hydrogen-bond donors (Lipinski definition) is 6. The number of fused-ring (bicyclic) bond motifs is 6. The van der Waals surface area contributed by atoms with E-state index in [0.717, 1.165) is 5.57 Å². The number of esters is 1. The highest BCUT2D eigenvalue weighted by molar-refractivity contribution is 6.02. The van der Waals surface area contributed by atoms with E-state index in [1.54, 1.807) is 11.6 Å². The van der Waals surface area contributed by atoms with Crippen LogP contribution in [-0.4, -0.2) is 113 Å². The molecule has 0 amide bonds. The molecule has 11 atom stereocenters. The monoisotopic (exact) mass is 872 g/mol. The van der Waals surface area contributed by atoms with Crippen molar-refractivity contribution in [3.05, 3.63) is 69.6 Å². The van der Waals surface area contributed by atoms with Gasteiger partial charge in [0.2, 0.25) is 12.2 Å². The molecule has 1 aromatic heterocycles. The Morgan fingerprint density at radius 3 is 2.44 bits per heavy atom. The van der Waals surface area contributed by atoms with Gasteiger partial charge < -0.3 is 54.5 Å². The first-order valence-electron chi connectivity index (χ1n) is 21.8. The number of nitrogens with one attached hydrogen (secondary N) is 1. The molecular weight excluding hydrogens is 813 g/mol. The minimum atomic E-state index is -2.23. The van der Waals surface area contributed by atoms with Crippen molar-refractivity contribution in [1.82, 2.24) is 14.8 Å². The number of benzene rings is 1. The minimum absolute atomic E-state index is 0.114. The van der Waals surface area contributed by atoms with Gasteiger partial charge in [-0.05, 0) is 85.3 Å². The number of carbonyl (C=O) groups excluding carboxylic acids is 2. The van der Waals surface area contributed by atoms with Crippen LogP contribution in [0.25, 0.3) is 11.8 Å². The van der Waals surface area contributed by atoms with E-state index in [-0.39, 0.29) is 35.8 Å². The number of rotatable bonds is 12. The highest BCUT2D eigenvalue weighted by Gasteiger charge is 2.77. The third-order valence-electron chi connectivity index (χ3n) is 13.8. The number of anilines is 1. The van der Waals surface area contributed by atoms with E-state index in [9.17, 15) is 30.3 Å². The third-order valence-corrected chi connectivity index (χ3v) is 13.8. The average molecular weight is 873 g/mol. The topological polar surface area (TPSA) is 224 Å². The molecule has 2 bridgehead atoms. The lowest BCUT2D eigenvalue weighted by Gasteiger charge is -2.65. The second kappa shape index (κ2) is 16.3. The van der Waals surface area contributed by atoms with Crippen LogP contribution in [0.2, 0.25) is 0 Å². The lowest BCUT2D eigenvalue weighted by atomic mass is 9.46. The maximum atomic E-state index is 15.2. The Hall–Kier alpha value is -4.84. The Bertz CT molecular complexity index is 2350. The number of methoxy groups -OCH3 is 1. The van der Waals surface area contributed by atoms with Crippen molar-refractivity contribution < 1.29 is 58.8 Å². The van der Waals surface area contributed by atoms with Gasteiger partial charge in [0.05, 0.1) is 36.6 Å². The summed E-state index contributed by atoms with van der Waals surface area (Å²) in [6.07, 6.45) is 4.58. The summed E-state index contributed by atoms with van der Waals surface area (Å²) < 4.78 is 34.1. The molecule has 4 aliphatic heterocycles. The number of ketones is 1. The molecular formula is C47H60N4O12. The number of aromatic nitrogens is 3. The van der Waals surface area contributed by atoms with Gasteiger partial charge in [0, 0.05) is 35.0 Å². The molecule has 6 N–H and O–H groups in total. The summed E-state index contributed by atoms with van der Waals surface area (Å²) in [5, 5.41) is 64.9. The molecule has 63 heavy (non-hydrogen) atoms. The fourth-order valence-electron chi connectivity index (χ4n) is 10.5. The first-order chi connectivity index (χ1) is 29.8. The molecule has 6 unspecified atom stereocenters. The second-order valence-electron chi connectivity index (χ2n) is 18.8. The number of hydrogen-bond acceptors (Lipinski definition) is 15. The van der Waals surface area contributed by atoms with E-state index in [2.05, 4.69) is 21.5 Å². The summed E-state index contributed by atoms with van der Waals surface area (Å²) in [5.74, 6) is -1.40. The average Bonchev–Trinajstić information content (AvgIpc) is 3.72. The number of nitrogens with zero attached hydrogens (tertiary/aromatic N) is 3. The first kappa shape index (κ1) is 44.8. The molecule has 7 aliphatic rings. The molecule has 1 spiro atoms. The third kappa shape index (κ3) is 6.95. The van der Waals surface area contributed by atoms with Crippen LogP contribution in [-0.2, 0) is 25.5 Å². The van der Waals surface area contributed by atoms with E-state index >= 15 is 4.79 Å². The summed E-state index contributed by atoms with van der Waals surface area (Å²) in [6, 6.07) is -0.761. The molecule has 5 heterocycles. The maximum Gasteiger partial charge on any atom is 0.333 e. The number of ether oxygens (including phenoxy) is 5. The second-order valence-corrected chi connectivity index (χ2v) is 18.8. The highest BCUT2D eigenvalue weighted by atomic mass is 16.7. The van der Waals surface area contributed by atoms with Crippen LogP contribution in [0.4, 0.5) is 5.95 Å². The normalized spacial score (nSPS) is 33.6. The van der Waals surface area contributed by atoms with Gasteiger partial charge in [-0.25, -0.2) is 9.48 Å². The standard InChI is InChI=1S/C47H60N4O12/c1-22(2)11-10-16-45(8)17-15-27-38(62-45)26(13-12-23(3)4)40-31(39(27)61-43-37(55)36(54)35(53)30(20-52)60-43)33-32-34(51-44(50-33)48-21-49-51)28-19-29(24(5)6)47(32,63-40)46(58,41(28)56)18-14-25(7)42(57)59-9/h11-12,14-15,17,21,24,28-30,34-37,43,52-55,58H,10,13,16,18-20H2,1-9H3,(H,48,49,50)/b25-14-/t28?,29?,30-,34?,35-,36+,37-,43+,45?,46?,47?/m0/s1. The number of allylic oxidation sites excluding steroid dienone is 4. The van der Waals surface area contributed by atoms with Gasteiger partial charge in [-0.1, -0.05) is 43.2 Å². The Balaban J connectivity index is 1.46. The maximum absolute atomic E-state index is 15.2. The Kier molecular flexibility index (Phi) is 11.6. The number of aliphatic hydroxyl groups is 5. The lowest BCUT2D eigenvalue weighted by molar-refractivity contribution is -0.277. The fraction of sp³-hybridized carbons (Fsp3) is 0.574. The van der Waals surface area contributed by atoms with E-state index in [4.69, 9.17) is 23.7 Å². The van der Waals surface area contributed by atoms with Gasteiger partial charge in [-0.3, -0.25) is 4.79 Å². The minimum Gasteiger partial charge on any atom is -0.482 e. The predicted octanol–water partition coefficient (Wildman–Crippen LogP) is 4.50. The highest BCUT2D eigenvalue weighted by Crippen LogP contribution is 2.69. The fourth-order valence-corrected chi connectivity index (χ4v) is 10.5. The molecule has 340 valence electrons. The van der Waals surface area contributed by atoms with Gasteiger partial charge >= 0.3 is 5.97 Å². The van der Waals surface area contributed by atoms with E-state index in [1.807, 2.05) is 66.7 Å². The van der Waals surface area contributed by atoms with Gasteiger partial charge in [0.15, 0.2) is 17.0 Å². The zero-order valence-electron chi connectivity index (χ0n) is 37.3. The zero-order valence-corrected chi connectivity index (χ0v) is 37.3. The van der Waals surface area contributed by atoms with E-state index < -0.39 is 83.7 Å². The lowest BCUT2D eigenvalue weighted by Crippen LogP contribution is -2.78. The molecule has 3 aliphatic carbocycles. The van der Waals surface area contributed by atoms with Crippen LogP contribution >= 0.6 is 0 Å². The van der Waals surface area contributed by atoms with Crippen molar-refractivity contribution >= 4 is 29.5 Å². The van der Waals surface area contributed by atoms with Gasteiger partial charge in [0.1, 0.15) is 53.6 Å². The molecule has 1 aromatic carbocycles. The zero-order chi connectivity index (χ0) is 45.5. The Morgan fingerprint density at radius 2 is 1.78 bits per heavy atom. The molecule has 16 nitrogen and oxygen atoms in total. The molecule has 3 saturated carbocycles. The summed E-state index contributed by atoms with van der Waals surface area (Å²) >= 11 is 0. The van der Waals surface area contributed by atoms with Gasteiger partial charge in [-0.2, -0.15) is 10.1 Å². The van der Waals surface area contributed by atoms with E-state index in [1.165, 1.54) is 25.1 Å². The summed E-state index contributed by atoms with van der Waals surface area (Å²) in [4.78, 5) is 32.5. The summed E-state index contributed by atoms with van der Waals surface area (Å²) in [7, 11) is 1.27. The van der Waals surface area contributed by atoms with Crippen molar-refractivity contribution in [1.29, 1.82) is 0 Å². The van der Waals surface area contributed by atoms with Crippen LogP contribution < -0.4 is 19.5 Å². The first-order valence-corrected chi connectivity index (χ1v) is 21.8. The molecule has 9 rings (SSSR count). The quantitative estimate of drug-likeness (QED) is 0.0982. The van der Waals surface area contributed by atoms with Crippen molar-refractivity contribution in [3.8, 4) is 17.2 Å². The number of aliphatic hydroxyl groups excluding tert-OH is 4. The van der Waals surface area contributed by atoms with Crippen LogP contribution in [0.3, 0.4) is 0 Å². The summed E-state index contributed by atoms with van der Waals surface area (Å²) in [5.41, 5.74) is -0.0615. The molecule has 4 fully saturated rings. The smallest absolute Gasteiger partial charge is 0.333 e. The molecule has 0 radical (unpaired) electrons. The van der Waals surface area contributed by atoms with Crippen LogP contribution in [0.1, 0.15) is 104 Å². The van der Waals surface area contributed by atoms with Gasteiger partial charge in [0.25, 0.3) is 0 Å². The molecule has 2 aromatic rings. The molecule has 1 saturated heterocycles. The SMILES string of the molecule is COC(=O)/C(C)=C\CC1(O)C(=O)C2CC(C(C)C)C13Oc1c(CC=C(C)C)c4c(c(O[C@H]5O[C@@H](CO)[C@H](O)[C@@H](O)[C@@H]5O)c1C1=C3C2n2ncnc2N1)C=CC(C)(CCC=C(C)C)O4. The van der Waals surface area contributed by atoms with Crippen LogP contribution in [0.15, 0.2) is 52.9 Å². The van der Waals surface area contributed by atoms with Crippen LogP contribution in [0, 0.1) is 17.8 Å². The Morgan fingerprint density at radius 1 is 1.05 bits per heavy atom. The number of Topliss-reactive ketones (excluding diaryl/α,β-unsaturated/α-hetero) is 1. The van der Waals surface area contributed by atoms with Gasteiger partial charge in [-0.15, -0.1) is 0 Å². The predicted molar refractivity (Wildman–Crippen MR) is 230 cm³/mol. The van der Waals surface area contributed by atoms with Crippen molar-refractivity contribution in [2.75, 3.05) is 19.0 Å². The Labute approximate surface area is 366 Å². The van der Waals surface area contributed by atoms with Crippen molar-refractivity contribution in [3.63, 3.8) is 0 Å². The van der Waals surface area contributed by atoms with E-state index in [0.29, 0.717) is 58.9 Å². The molecule has 16 heteroatoms. The van der Waals surface area contributed by atoms with Crippen LogP contribution in [0.5, 0.6) is 17.2 Å².